The standard InChI is InChI=1S/C29H35ClF2N4/c1-18(27-25(31)10-11-26(32)28(27)30)16-19(2)29(33)34-17-20(3)22-6-8-23(9-7-22)21(4)35-24-12-14-36(5)15-13-24/h6-11,17-18,24,35H,2,4,12-16H2,1,3,5H3,(H2,33,34)/b20-17+. The summed E-state index contributed by atoms with van der Waals surface area (Å²) in [4.78, 5) is 6.69. The van der Waals surface area contributed by atoms with Gasteiger partial charge >= 0.3 is 0 Å². The van der Waals surface area contributed by atoms with Crippen molar-refractivity contribution in [2.45, 2.75) is 45.1 Å². The van der Waals surface area contributed by atoms with Crippen LogP contribution in [0.15, 0.2) is 66.3 Å². The molecule has 0 radical (unpaired) electrons. The Morgan fingerprint density at radius 1 is 1.14 bits per heavy atom. The lowest BCUT2D eigenvalue weighted by Crippen LogP contribution is -2.39. The van der Waals surface area contributed by atoms with Crippen LogP contribution < -0.4 is 11.1 Å². The summed E-state index contributed by atoms with van der Waals surface area (Å²) in [7, 11) is 2.15. The lowest BCUT2D eigenvalue weighted by atomic mass is 9.93. The van der Waals surface area contributed by atoms with Gasteiger partial charge in [0.15, 0.2) is 0 Å². The van der Waals surface area contributed by atoms with Crippen LogP contribution in [0.5, 0.6) is 0 Å². The van der Waals surface area contributed by atoms with E-state index in [2.05, 4.69) is 35.4 Å². The van der Waals surface area contributed by atoms with Gasteiger partial charge in [0.05, 0.1) is 5.02 Å². The van der Waals surface area contributed by atoms with E-state index in [1.54, 1.807) is 13.1 Å². The fourth-order valence-corrected chi connectivity index (χ4v) is 4.66. The van der Waals surface area contributed by atoms with E-state index in [9.17, 15) is 8.78 Å². The highest BCUT2D eigenvalue weighted by molar-refractivity contribution is 6.31. The van der Waals surface area contributed by atoms with Gasteiger partial charge in [0.1, 0.15) is 17.5 Å². The van der Waals surface area contributed by atoms with Crippen molar-refractivity contribution < 1.29 is 8.78 Å². The molecule has 1 fully saturated rings. The molecule has 0 saturated carbocycles. The van der Waals surface area contributed by atoms with Crippen molar-refractivity contribution in [3.05, 3.63) is 94.7 Å². The maximum Gasteiger partial charge on any atom is 0.142 e. The number of aliphatic imine (C=N–C) groups is 1. The summed E-state index contributed by atoms with van der Waals surface area (Å²) >= 11 is 5.98. The molecule has 1 saturated heterocycles. The Kier molecular flexibility index (Phi) is 9.46. The van der Waals surface area contributed by atoms with Crippen LogP contribution in [0.2, 0.25) is 5.02 Å². The van der Waals surface area contributed by atoms with E-state index < -0.39 is 17.6 Å². The smallest absolute Gasteiger partial charge is 0.142 e. The van der Waals surface area contributed by atoms with E-state index in [0.717, 1.165) is 60.5 Å². The summed E-state index contributed by atoms with van der Waals surface area (Å²) in [6, 6.07) is 10.7. The Morgan fingerprint density at radius 3 is 2.36 bits per heavy atom. The van der Waals surface area contributed by atoms with Crippen LogP contribution in [0.1, 0.15) is 55.7 Å². The maximum absolute atomic E-state index is 14.2. The predicted molar refractivity (Wildman–Crippen MR) is 148 cm³/mol. The summed E-state index contributed by atoms with van der Waals surface area (Å²) in [5, 5.41) is 3.34. The monoisotopic (exact) mass is 512 g/mol. The average molecular weight is 513 g/mol. The second-order valence-corrected chi connectivity index (χ2v) is 9.95. The Labute approximate surface area is 218 Å². The molecule has 192 valence electrons. The summed E-state index contributed by atoms with van der Waals surface area (Å²) in [6.07, 6.45) is 4.21. The summed E-state index contributed by atoms with van der Waals surface area (Å²) in [5.74, 6) is -1.39. The largest absolute Gasteiger partial charge is 0.383 e. The zero-order valence-corrected chi connectivity index (χ0v) is 22.0. The molecule has 4 nitrogen and oxygen atoms in total. The van der Waals surface area contributed by atoms with Crippen molar-refractivity contribution in [1.82, 2.24) is 10.2 Å². The number of piperidine rings is 1. The van der Waals surface area contributed by atoms with Crippen LogP contribution in [-0.2, 0) is 0 Å². The molecular formula is C29H35ClF2N4. The van der Waals surface area contributed by atoms with Gasteiger partial charge in [0.25, 0.3) is 0 Å². The highest BCUT2D eigenvalue weighted by atomic mass is 35.5. The SMILES string of the molecule is C=C(CC(C)c1c(F)ccc(F)c1Cl)C(N)=N/C=C(\C)c1ccc(C(=C)NC2CCN(C)CC2)cc1. The number of rotatable bonds is 9. The molecule has 1 aliphatic rings. The number of allylic oxidation sites excluding steroid dienone is 1. The zero-order valence-electron chi connectivity index (χ0n) is 21.3. The third-order valence-electron chi connectivity index (χ3n) is 6.67. The number of nitrogens with one attached hydrogen (secondary N) is 1. The highest BCUT2D eigenvalue weighted by Crippen LogP contribution is 2.33. The minimum atomic E-state index is -0.655. The number of halogens is 3. The Hall–Kier alpha value is -2.96. The van der Waals surface area contributed by atoms with Gasteiger partial charge < -0.3 is 16.0 Å². The Bertz CT molecular complexity index is 1160. The molecule has 1 heterocycles. The maximum atomic E-state index is 14.2. The van der Waals surface area contributed by atoms with Gasteiger partial charge in [-0.25, -0.2) is 13.8 Å². The molecule has 1 atom stereocenters. The van der Waals surface area contributed by atoms with Gasteiger partial charge in [0, 0.05) is 23.5 Å². The molecule has 3 rings (SSSR count). The first-order valence-corrected chi connectivity index (χ1v) is 12.5. The predicted octanol–water partition coefficient (Wildman–Crippen LogP) is 6.74. The second kappa shape index (κ2) is 12.3. The van der Waals surface area contributed by atoms with Crippen LogP contribution in [0.3, 0.4) is 0 Å². The number of benzene rings is 2. The molecule has 1 aliphatic heterocycles. The van der Waals surface area contributed by atoms with Crippen LogP contribution >= 0.6 is 11.6 Å². The van der Waals surface area contributed by atoms with Crippen LogP contribution in [0.25, 0.3) is 11.3 Å². The summed E-state index contributed by atoms with van der Waals surface area (Å²) in [6.45, 7) is 14.1. The molecule has 2 aromatic rings. The lowest BCUT2D eigenvalue weighted by molar-refractivity contribution is 0.245. The fourth-order valence-electron chi connectivity index (χ4n) is 4.32. The molecule has 0 aromatic heterocycles. The minimum absolute atomic E-state index is 0.115. The molecule has 36 heavy (non-hydrogen) atoms. The lowest BCUT2D eigenvalue weighted by Gasteiger charge is -2.30. The highest BCUT2D eigenvalue weighted by Gasteiger charge is 2.20. The van der Waals surface area contributed by atoms with Crippen molar-refractivity contribution >= 4 is 28.7 Å². The minimum Gasteiger partial charge on any atom is -0.383 e. The molecule has 0 aliphatic carbocycles. The molecule has 1 unspecified atom stereocenters. The number of likely N-dealkylation sites (tertiary alicyclic amines) is 1. The van der Waals surface area contributed by atoms with Crippen molar-refractivity contribution in [3.8, 4) is 0 Å². The van der Waals surface area contributed by atoms with Crippen LogP contribution in [-0.4, -0.2) is 36.9 Å². The first-order valence-electron chi connectivity index (χ1n) is 12.1. The van der Waals surface area contributed by atoms with Gasteiger partial charge in [-0.2, -0.15) is 0 Å². The fraction of sp³-hybridized carbons (Fsp3) is 0.345. The Balaban J connectivity index is 1.61. The number of nitrogens with zero attached hydrogens (tertiary/aromatic N) is 2. The molecule has 0 amide bonds. The average Bonchev–Trinajstić information content (AvgIpc) is 2.86. The Morgan fingerprint density at radius 2 is 1.72 bits per heavy atom. The van der Waals surface area contributed by atoms with Crippen molar-refractivity contribution in [1.29, 1.82) is 0 Å². The number of nitrogens with two attached hydrogens (primary N) is 1. The van der Waals surface area contributed by atoms with E-state index in [1.807, 2.05) is 31.2 Å². The van der Waals surface area contributed by atoms with Crippen molar-refractivity contribution in [2.75, 3.05) is 20.1 Å². The van der Waals surface area contributed by atoms with Crippen LogP contribution in [0.4, 0.5) is 8.78 Å². The van der Waals surface area contributed by atoms with Gasteiger partial charge in [-0.3, -0.25) is 0 Å². The second-order valence-electron chi connectivity index (χ2n) is 9.57. The van der Waals surface area contributed by atoms with Crippen LogP contribution in [0, 0.1) is 11.6 Å². The quantitative estimate of drug-likeness (QED) is 0.222. The molecule has 2 aromatic carbocycles. The molecule has 0 spiro atoms. The number of hydrogen-bond acceptors (Lipinski definition) is 3. The first-order chi connectivity index (χ1) is 17.1. The van der Waals surface area contributed by atoms with E-state index in [4.69, 9.17) is 17.3 Å². The van der Waals surface area contributed by atoms with E-state index >= 15 is 0 Å². The third kappa shape index (κ3) is 7.05. The van der Waals surface area contributed by atoms with Crippen molar-refractivity contribution in [2.24, 2.45) is 10.7 Å². The van der Waals surface area contributed by atoms with Crippen molar-refractivity contribution in [3.63, 3.8) is 0 Å². The summed E-state index contributed by atoms with van der Waals surface area (Å²) < 4.78 is 28.0. The van der Waals surface area contributed by atoms with Gasteiger partial charge in [-0.1, -0.05) is 55.9 Å². The van der Waals surface area contributed by atoms with Gasteiger partial charge in [-0.15, -0.1) is 0 Å². The van der Waals surface area contributed by atoms with E-state index in [1.165, 1.54) is 0 Å². The summed E-state index contributed by atoms with van der Waals surface area (Å²) in [5.41, 5.74) is 10.7. The topological polar surface area (TPSA) is 53.6 Å². The van der Waals surface area contributed by atoms with Gasteiger partial charge in [-0.05, 0) is 86.6 Å². The molecule has 0 bridgehead atoms. The third-order valence-corrected chi connectivity index (χ3v) is 7.05. The van der Waals surface area contributed by atoms with E-state index in [0.29, 0.717) is 18.0 Å². The molecule has 7 heteroatoms. The molecular weight excluding hydrogens is 478 g/mol. The molecule has 3 N–H and O–H groups in total. The zero-order chi connectivity index (χ0) is 26.4. The number of amidine groups is 1. The van der Waals surface area contributed by atoms with E-state index in [-0.39, 0.29) is 16.4 Å². The normalized spacial score (nSPS) is 16.6. The number of hydrogen-bond donors (Lipinski definition) is 2. The van der Waals surface area contributed by atoms with Gasteiger partial charge in [0.2, 0.25) is 0 Å². The first kappa shape index (κ1) is 27.6.